The second-order valence-corrected chi connectivity index (χ2v) is 7.71. The van der Waals surface area contributed by atoms with Gasteiger partial charge in [0, 0.05) is 6.42 Å². The lowest BCUT2D eigenvalue weighted by molar-refractivity contribution is -0.720. The predicted octanol–water partition coefficient (Wildman–Crippen LogP) is 3.83. The SMILES string of the molecule is CN(/[N+]([O-])=N/OC1CCCC(C(=O)OCc2ccccc2)C1)C(C)(C)C. The zero-order valence-electron chi connectivity index (χ0n) is 16.1. The molecule has 2 rings (SSSR count). The molecule has 1 aliphatic rings. The molecule has 1 fully saturated rings. The van der Waals surface area contributed by atoms with E-state index in [4.69, 9.17) is 9.57 Å². The Morgan fingerprint density at radius 2 is 2.00 bits per heavy atom. The van der Waals surface area contributed by atoms with Crippen LogP contribution in [0.3, 0.4) is 0 Å². The third-order valence-electron chi connectivity index (χ3n) is 4.68. The maximum absolute atomic E-state index is 12.3. The second-order valence-electron chi connectivity index (χ2n) is 7.71. The molecule has 1 aromatic carbocycles. The van der Waals surface area contributed by atoms with Crippen molar-refractivity contribution in [3.05, 3.63) is 41.1 Å². The summed E-state index contributed by atoms with van der Waals surface area (Å²) in [7, 11) is 1.66. The highest BCUT2D eigenvalue weighted by Gasteiger charge is 2.31. The van der Waals surface area contributed by atoms with E-state index in [0.29, 0.717) is 11.4 Å². The summed E-state index contributed by atoms with van der Waals surface area (Å²) in [6.45, 7) is 6.00. The van der Waals surface area contributed by atoms with Crippen molar-refractivity contribution in [3.63, 3.8) is 0 Å². The van der Waals surface area contributed by atoms with Crippen LogP contribution in [0.15, 0.2) is 35.6 Å². The number of carbonyl (C=O) groups excluding carboxylic acids is 1. The highest BCUT2D eigenvalue weighted by molar-refractivity contribution is 5.72. The van der Waals surface area contributed by atoms with E-state index in [1.165, 1.54) is 5.01 Å². The van der Waals surface area contributed by atoms with Crippen LogP contribution >= 0.6 is 0 Å². The smallest absolute Gasteiger partial charge is 0.309 e. The number of hydrogen-bond acceptors (Lipinski definition) is 5. The van der Waals surface area contributed by atoms with Crippen molar-refractivity contribution in [2.45, 2.75) is 64.7 Å². The summed E-state index contributed by atoms with van der Waals surface area (Å²) in [5.74, 6) is -0.430. The number of hydrazine groups is 1. The first-order valence-corrected chi connectivity index (χ1v) is 9.05. The molecule has 0 bridgehead atoms. The van der Waals surface area contributed by atoms with Crippen molar-refractivity contribution in [2.75, 3.05) is 7.05 Å². The van der Waals surface area contributed by atoms with Gasteiger partial charge in [0.15, 0.2) is 0 Å². The first-order chi connectivity index (χ1) is 12.3. The molecule has 1 saturated carbocycles. The summed E-state index contributed by atoms with van der Waals surface area (Å²) in [5, 5.41) is 17.1. The number of carbonyl (C=O) groups is 1. The van der Waals surface area contributed by atoms with E-state index in [1.807, 2.05) is 51.1 Å². The average molecular weight is 363 g/mol. The van der Waals surface area contributed by atoms with Crippen LogP contribution in [0.4, 0.5) is 0 Å². The molecule has 26 heavy (non-hydrogen) atoms. The molecule has 7 heteroatoms. The van der Waals surface area contributed by atoms with Crippen LogP contribution in [0.1, 0.15) is 52.0 Å². The number of rotatable bonds is 6. The zero-order chi connectivity index (χ0) is 19.2. The molecule has 2 unspecified atom stereocenters. The molecule has 7 nitrogen and oxygen atoms in total. The molecule has 2 atom stereocenters. The third-order valence-corrected chi connectivity index (χ3v) is 4.68. The van der Waals surface area contributed by atoms with E-state index in [0.717, 1.165) is 24.8 Å². The first kappa shape index (κ1) is 20.0. The average Bonchev–Trinajstić information content (AvgIpc) is 2.63. The normalized spacial score (nSPS) is 21.2. The standard InChI is InChI=1S/C19H29N3O4/c1-19(2,3)21(4)22(24)20-26-17-12-8-11-16(13-17)18(23)25-14-15-9-6-5-7-10-15/h5-7,9-10,16-17H,8,11-14H2,1-4H3/b22-20-. The number of esters is 1. The fourth-order valence-corrected chi connectivity index (χ4v) is 2.72. The molecule has 1 aromatic rings. The number of hydrogen-bond donors (Lipinski definition) is 0. The lowest BCUT2D eigenvalue weighted by Gasteiger charge is -2.28. The molecule has 0 saturated heterocycles. The van der Waals surface area contributed by atoms with Gasteiger partial charge >= 0.3 is 5.97 Å². The molecule has 0 heterocycles. The van der Waals surface area contributed by atoms with Gasteiger partial charge in [-0.3, -0.25) is 4.79 Å². The van der Waals surface area contributed by atoms with E-state index in [9.17, 15) is 10.0 Å². The minimum Gasteiger partial charge on any atom is -0.569 e. The van der Waals surface area contributed by atoms with Crippen molar-refractivity contribution >= 4 is 5.97 Å². The van der Waals surface area contributed by atoms with Crippen LogP contribution in [0.2, 0.25) is 0 Å². The summed E-state index contributed by atoms with van der Waals surface area (Å²) in [6, 6.07) is 9.60. The second kappa shape index (κ2) is 8.87. The largest absolute Gasteiger partial charge is 0.569 e. The Labute approximate surface area is 155 Å². The van der Waals surface area contributed by atoms with Gasteiger partial charge in [0.2, 0.25) is 5.28 Å². The fourth-order valence-electron chi connectivity index (χ4n) is 2.72. The van der Waals surface area contributed by atoms with Crippen molar-refractivity contribution in [2.24, 2.45) is 11.2 Å². The fraction of sp³-hybridized carbons (Fsp3) is 0.632. The number of nitrogens with zero attached hydrogens (tertiary/aromatic N) is 3. The summed E-state index contributed by atoms with van der Waals surface area (Å²) in [5.41, 5.74) is 0.608. The maximum atomic E-state index is 12.3. The van der Waals surface area contributed by atoms with Gasteiger partial charge in [-0.2, -0.15) is 0 Å². The van der Waals surface area contributed by atoms with Gasteiger partial charge in [-0.15, -0.1) is 5.01 Å². The minimum atomic E-state index is -0.356. The van der Waals surface area contributed by atoms with E-state index in [1.54, 1.807) is 7.05 Å². The van der Waals surface area contributed by atoms with Crippen LogP contribution < -0.4 is 0 Å². The quantitative estimate of drug-likeness (QED) is 0.332. The van der Waals surface area contributed by atoms with Crippen LogP contribution in [-0.2, 0) is 21.0 Å². The van der Waals surface area contributed by atoms with Crippen molar-refractivity contribution in [1.82, 2.24) is 5.01 Å². The van der Waals surface area contributed by atoms with Gasteiger partial charge in [-0.05, 0) is 45.6 Å². The van der Waals surface area contributed by atoms with Crippen LogP contribution in [0.5, 0.6) is 0 Å². The van der Waals surface area contributed by atoms with Gasteiger partial charge in [-0.1, -0.05) is 30.3 Å². The maximum Gasteiger partial charge on any atom is 0.309 e. The van der Waals surface area contributed by atoms with E-state index in [-0.39, 0.29) is 30.1 Å². The van der Waals surface area contributed by atoms with Crippen molar-refractivity contribution < 1.29 is 19.3 Å². The van der Waals surface area contributed by atoms with Gasteiger partial charge in [-0.25, -0.2) is 0 Å². The summed E-state index contributed by atoms with van der Waals surface area (Å²) in [6.07, 6.45) is 2.67. The Morgan fingerprint density at radius 3 is 2.65 bits per heavy atom. The van der Waals surface area contributed by atoms with E-state index >= 15 is 0 Å². The number of ether oxygens (including phenoxy) is 1. The molecular formula is C19H29N3O4. The third kappa shape index (κ3) is 5.89. The Hall–Kier alpha value is -2.31. The molecule has 0 aromatic heterocycles. The minimum absolute atomic E-state index is 0.215. The topological polar surface area (TPSA) is 77.2 Å². The van der Waals surface area contributed by atoms with Gasteiger partial charge in [0.1, 0.15) is 12.7 Å². The molecule has 0 N–H and O–H groups in total. The highest BCUT2D eigenvalue weighted by atomic mass is 16.7. The molecule has 0 aliphatic heterocycles. The Kier molecular flexibility index (Phi) is 6.83. The Bertz CT molecular complexity index is 613. The van der Waals surface area contributed by atoms with Gasteiger partial charge in [0.25, 0.3) is 0 Å². The Balaban J connectivity index is 1.83. The lowest BCUT2D eigenvalue weighted by Crippen LogP contribution is -2.42. The van der Waals surface area contributed by atoms with Gasteiger partial charge < -0.3 is 14.8 Å². The first-order valence-electron chi connectivity index (χ1n) is 9.05. The molecular weight excluding hydrogens is 334 g/mol. The van der Waals surface area contributed by atoms with Crippen LogP contribution in [0.25, 0.3) is 0 Å². The van der Waals surface area contributed by atoms with Crippen molar-refractivity contribution in [1.29, 1.82) is 0 Å². The van der Waals surface area contributed by atoms with E-state index in [2.05, 4.69) is 5.28 Å². The van der Waals surface area contributed by atoms with Crippen LogP contribution in [0, 0.1) is 11.1 Å². The summed E-state index contributed by atoms with van der Waals surface area (Å²) in [4.78, 5) is 18.2. The predicted molar refractivity (Wildman–Crippen MR) is 96.6 cm³/mol. The molecule has 1 aliphatic carbocycles. The lowest BCUT2D eigenvalue weighted by atomic mass is 9.87. The van der Waals surface area contributed by atoms with Gasteiger partial charge in [0.05, 0.1) is 23.5 Å². The molecule has 0 amide bonds. The highest BCUT2D eigenvalue weighted by Crippen LogP contribution is 2.28. The molecule has 0 spiro atoms. The number of benzene rings is 1. The van der Waals surface area contributed by atoms with Crippen molar-refractivity contribution in [3.8, 4) is 0 Å². The van der Waals surface area contributed by atoms with E-state index < -0.39 is 0 Å². The molecule has 0 radical (unpaired) electrons. The monoisotopic (exact) mass is 363 g/mol. The molecule has 144 valence electrons. The summed E-state index contributed by atoms with van der Waals surface area (Å²) >= 11 is 0. The summed E-state index contributed by atoms with van der Waals surface area (Å²) < 4.78 is 5.42. The Morgan fingerprint density at radius 1 is 1.31 bits per heavy atom. The zero-order valence-corrected chi connectivity index (χ0v) is 16.1. The van der Waals surface area contributed by atoms with Crippen LogP contribution in [-0.4, -0.2) is 34.6 Å².